The van der Waals surface area contributed by atoms with Gasteiger partial charge < -0.3 is 10.6 Å². The number of likely N-dealkylation sites (N-methyl/N-ethyl adjacent to an activating group) is 1. The zero-order valence-corrected chi connectivity index (χ0v) is 16.3. The fraction of sp³-hybridized carbons (Fsp3) is 0.476. The smallest absolute Gasteiger partial charge is 0.222 e. The van der Waals surface area contributed by atoms with E-state index >= 15 is 0 Å². The fourth-order valence-electron chi connectivity index (χ4n) is 3.52. The molecular formula is C21H29N5O. The van der Waals surface area contributed by atoms with Crippen molar-refractivity contribution in [2.75, 3.05) is 25.9 Å². The van der Waals surface area contributed by atoms with Gasteiger partial charge >= 0.3 is 0 Å². The van der Waals surface area contributed by atoms with Gasteiger partial charge in [0.1, 0.15) is 11.6 Å². The van der Waals surface area contributed by atoms with Gasteiger partial charge in [-0.25, -0.2) is 9.97 Å². The molecule has 1 saturated heterocycles. The highest BCUT2D eigenvalue weighted by molar-refractivity contribution is 5.76. The van der Waals surface area contributed by atoms with Crippen LogP contribution in [0.25, 0.3) is 0 Å². The number of anilines is 1. The lowest BCUT2D eigenvalue weighted by Gasteiger charge is -2.24. The number of aryl methyl sites for hydroxylation is 2. The topological polar surface area (TPSA) is 75.4 Å². The summed E-state index contributed by atoms with van der Waals surface area (Å²) in [4.78, 5) is 25.3. The minimum atomic E-state index is 0.241. The number of nitrogens with zero attached hydrogens (tertiary/aromatic N) is 4. The van der Waals surface area contributed by atoms with Gasteiger partial charge in [-0.15, -0.1) is 0 Å². The van der Waals surface area contributed by atoms with Gasteiger partial charge in [0.15, 0.2) is 0 Å². The lowest BCUT2D eigenvalue weighted by Crippen LogP contribution is -2.36. The van der Waals surface area contributed by atoms with Crippen LogP contribution in [0.15, 0.2) is 36.5 Å². The SMILES string of the molecule is CCc1ccc(CCC(=O)N2CC[C@H](N(C)Cc3nccc(N)n3)C2)cc1. The number of nitrogens with two attached hydrogens (primary N) is 1. The highest BCUT2D eigenvalue weighted by Crippen LogP contribution is 2.18. The number of carbonyl (C=O) groups is 1. The molecule has 3 rings (SSSR count). The van der Waals surface area contributed by atoms with Crippen molar-refractivity contribution < 1.29 is 4.79 Å². The van der Waals surface area contributed by atoms with Crippen molar-refractivity contribution in [3.63, 3.8) is 0 Å². The van der Waals surface area contributed by atoms with Crippen LogP contribution in [-0.4, -0.2) is 51.9 Å². The average molecular weight is 367 g/mol. The molecule has 1 atom stereocenters. The Morgan fingerprint density at radius 2 is 2.00 bits per heavy atom. The van der Waals surface area contributed by atoms with Gasteiger partial charge in [0.05, 0.1) is 6.54 Å². The van der Waals surface area contributed by atoms with Gasteiger partial charge in [-0.2, -0.15) is 0 Å². The molecule has 1 aliphatic heterocycles. The summed E-state index contributed by atoms with van der Waals surface area (Å²) in [5.74, 6) is 1.45. The maximum atomic E-state index is 12.6. The Hall–Kier alpha value is -2.47. The van der Waals surface area contributed by atoms with Crippen molar-refractivity contribution in [3.8, 4) is 0 Å². The highest BCUT2D eigenvalue weighted by atomic mass is 16.2. The van der Waals surface area contributed by atoms with Crippen molar-refractivity contribution in [1.82, 2.24) is 19.8 Å². The molecule has 1 aromatic heterocycles. The molecule has 6 heteroatoms. The van der Waals surface area contributed by atoms with E-state index in [1.54, 1.807) is 12.3 Å². The second kappa shape index (κ2) is 8.95. The van der Waals surface area contributed by atoms with Crippen LogP contribution in [0, 0.1) is 0 Å². The van der Waals surface area contributed by atoms with Gasteiger partial charge in [0.2, 0.25) is 5.91 Å². The Kier molecular flexibility index (Phi) is 6.40. The van der Waals surface area contributed by atoms with Crippen LogP contribution in [0.4, 0.5) is 5.82 Å². The Bertz CT molecular complexity index is 761. The number of carbonyl (C=O) groups excluding carboxylic acids is 1. The van der Waals surface area contributed by atoms with Crippen LogP contribution >= 0.6 is 0 Å². The molecule has 1 fully saturated rings. The van der Waals surface area contributed by atoms with E-state index in [0.717, 1.165) is 38.2 Å². The van der Waals surface area contributed by atoms with Gasteiger partial charge in [-0.1, -0.05) is 31.2 Å². The molecule has 2 heterocycles. The maximum absolute atomic E-state index is 12.6. The molecule has 0 radical (unpaired) electrons. The van der Waals surface area contributed by atoms with E-state index in [2.05, 4.69) is 53.1 Å². The Balaban J connectivity index is 1.47. The second-order valence-electron chi connectivity index (χ2n) is 7.27. The van der Waals surface area contributed by atoms with Gasteiger partial charge in [0.25, 0.3) is 0 Å². The summed E-state index contributed by atoms with van der Waals surface area (Å²) in [6.45, 7) is 4.38. The quantitative estimate of drug-likeness (QED) is 0.813. The van der Waals surface area contributed by atoms with E-state index in [0.29, 0.717) is 24.8 Å². The molecule has 27 heavy (non-hydrogen) atoms. The lowest BCUT2D eigenvalue weighted by atomic mass is 10.1. The molecule has 0 saturated carbocycles. The van der Waals surface area contributed by atoms with Crippen molar-refractivity contribution >= 4 is 11.7 Å². The number of amides is 1. The molecule has 6 nitrogen and oxygen atoms in total. The first-order chi connectivity index (χ1) is 13.0. The molecule has 1 amide bonds. The third-order valence-electron chi connectivity index (χ3n) is 5.32. The van der Waals surface area contributed by atoms with Crippen molar-refractivity contribution in [2.24, 2.45) is 0 Å². The maximum Gasteiger partial charge on any atom is 0.222 e. The van der Waals surface area contributed by atoms with Gasteiger partial charge in [0, 0.05) is 31.7 Å². The summed E-state index contributed by atoms with van der Waals surface area (Å²) in [6, 6.07) is 10.6. The first-order valence-electron chi connectivity index (χ1n) is 9.68. The van der Waals surface area contributed by atoms with E-state index in [9.17, 15) is 4.79 Å². The summed E-state index contributed by atoms with van der Waals surface area (Å²) >= 11 is 0. The van der Waals surface area contributed by atoms with Crippen LogP contribution in [-0.2, 0) is 24.2 Å². The van der Waals surface area contributed by atoms with Gasteiger partial charge in [-0.05, 0) is 43.5 Å². The van der Waals surface area contributed by atoms with Crippen LogP contribution in [0.5, 0.6) is 0 Å². The van der Waals surface area contributed by atoms with Crippen molar-refractivity contribution in [2.45, 2.75) is 45.2 Å². The summed E-state index contributed by atoms with van der Waals surface area (Å²) < 4.78 is 0. The molecular weight excluding hydrogens is 338 g/mol. The van der Waals surface area contributed by atoms with E-state index < -0.39 is 0 Å². The molecule has 0 spiro atoms. The molecule has 0 unspecified atom stereocenters. The lowest BCUT2D eigenvalue weighted by molar-refractivity contribution is -0.130. The second-order valence-corrected chi connectivity index (χ2v) is 7.27. The number of likely N-dealkylation sites (tertiary alicyclic amines) is 1. The standard InChI is InChI=1S/C21H29N5O/c1-3-16-4-6-17(7-5-16)8-9-21(27)26-13-11-18(14-26)25(2)15-20-23-12-10-19(22)24-20/h4-7,10,12,18H,3,8-9,11,13-15H2,1-2H3,(H2,22,23,24)/t18-/m0/s1. The fourth-order valence-corrected chi connectivity index (χ4v) is 3.52. The number of benzene rings is 1. The normalized spacial score (nSPS) is 16.9. The van der Waals surface area contributed by atoms with Gasteiger partial charge in [-0.3, -0.25) is 9.69 Å². The van der Waals surface area contributed by atoms with E-state index in [1.807, 2.05) is 4.90 Å². The van der Waals surface area contributed by atoms with Crippen LogP contribution in [0.1, 0.15) is 36.7 Å². The Morgan fingerprint density at radius 1 is 1.26 bits per heavy atom. The van der Waals surface area contributed by atoms with E-state index in [4.69, 9.17) is 5.73 Å². The monoisotopic (exact) mass is 367 g/mol. The number of hydrogen-bond donors (Lipinski definition) is 1. The number of hydrogen-bond acceptors (Lipinski definition) is 5. The van der Waals surface area contributed by atoms with Crippen LogP contribution < -0.4 is 5.73 Å². The highest BCUT2D eigenvalue weighted by Gasteiger charge is 2.28. The Labute approximate surface area is 161 Å². The van der Waals surface area contributed by atoms with Crippen LogP contribution in [0.3, 0.4) is 0 Å². The predicted octanol–water partition coefficient (Wildman–Crippen LogP) is 2.29. The molecule has 2 N–H and O–H groups in total. The average Bonchev–Trinajstić information content (AvgIpc) is 3.17. The summed E-state index contributed by atoms with van der Waals surface area (Å²) in [6.07, 6.45) is 5.08. The molecule has 2 aromatic rings. The Morgan fingerprint density at radius 3 is 2.70 bits per heavy atom. The third-order valence-corrected chi connectivity index (χ3v) is 5.32. The van der Waals surface area contributed by atoms with E-state index in [1.165, 1.54) is 11.1 Å². The number of aromatic nitrogens is 2. The van der Waals surface area contributed by atoms with E-state index in [-0.39, 0.29) is 5.91 Å². The minimum absolute atomic E-state index is 0.241. The first-order valence-corrected chi connectivity index (χ1v) is 9.68. The van der Waals surface area contributed by atoms with Crippen molar-refractivity contribution in [3.05, 3.63) is 53.5 Å². The molecule has 144 valence electrons. The zero-order chi connectivity index (χ0) is 19.2. The predicted molar refractivity (Wildman–Crippen MR) is 107 cm³/mol. The number of rotatable bonds is 7. The molecule has 1 aliphatic rings. The van der Waals surface area contributed by atoms with Crippen LogP contribution in [0.2, 0.25) is 0 Å². The zero-order valence-electron chi connectivity index (χ0n) is 16.3. The minimum Gasteiger partial charge on any atom is -0.384 e. The third kappa shape index (κ3) is 5.26. The largest absolute Gasteiger partial charge is 0.384 e. The molecule has 0 bridgehead atoms. The summed E-state index contributed by atoms with van der Waals surface area (Å²) in [7, 11) is 2.06. The van der Waals surface area contributed by atoms with Crippen molar-refractivity contribution in [1.29, 1.82) is 0 Å². The number of nitrogen functional groups attached to an aromatic ring is 1. The first kappa shape index (κ1) is 19.3. The summed E-state index contributed by atoms with van der Waals surface area (Å²) in [5, 5.41) is 0. The molecule has 1 aromatic carbocycles. The summed E-state index contributed by atoms with van der Waals surface area (Å²) in [5.41, 5.74) is 8.29. The molecule has 0 aliphatic carbocycles.